The Morgan fingerprint density at radius 2 is 1.79 bits per heavy atom. The lowest BCUT2D eigenvalue weighted by molar-refractivity contribution is -0.134. The van der Waals surface area contributed by atoms with Gasteiger partial charge in [-0.2, -0.15) is 0 Å². The van der Waals surface area contributed by atoms with Gasteiger partial charge in [0.2, 0.25) is 5.91 Å². The average molecular weight is 570 g/mol. The topological polar surface area (TPSA) is 137 Å². The van der Waals surface area contributed by atoms with Crippen molar-refractivity contribution in [2.24, 2.45) is 5.73 Å². The first-order valence-electron chi connectivity index (χ1n) is 14.0. The number of amides is 1. The number of hydrogen-bond acceptors (Lipinski definition) is 9. The van der Waals surface area contributed by atoms with Gasteiger partial charge in [-0.25, -0.2) is 19.7 Å². The van der Waals surface area contributed by atoms with Crippen LogP contribution < -0.4 is 16.0 Å². The molecule has 1 fully saturated rings. The number of rotatable bonds is 11. The fourth-order valence-corrected chi connectivity index (χ4v) is 4.87. The quantitative estimate of drug-likeness (QED) is 0.159. The molecule has 2 aromatic heterocycles. The first kappa shape index (κ1) is 28.9. The fraction of sp³-hybridized carbons (Fsp3) is 0.323. The van der Waals surface area contributed by atoms with E-state index in [-0.39, 0.29) is 5.97 Å². The minimum Gasteiger partial charge on any atom is -0.466 e. The summed E-state index contributed by atoms with van der Waals surface area (Å²) < 4.78 is 12.4. The number of aryl methyl sites for hydroxylation is 1. The molecule has 0 atom stereocenters. The van der Waals surface area contributed by atoms with Crippen molar-refractivity contribution < 1.29 is 19.1 Å². The molecule has 0 radical (unpaired) electrons. The number of nitrogens with one attached hydrogen (secondary N) is 1. The molecule has 3 heterocycles. The van der Waals surface area contributed by atoms with Crippen molar-refractivity contribution in [2.45, 2.75) is 26.4 Å². The number of esters is 1. The van der Waals surface area contributed by atoms with Crippen molar-refractivity contribution in [2.75, 3.05) is 44.9 Å². The number of fused-ring (bicyclic) bond motifs is 1. The number of benzene rings is 2. The van der Waals surface area contributed by atoms with E-state index in [1.165, 1.54) is 13.2 Å². The van der Waals surface area contributed by atoms with Crippen LogP contribution in [0.1, 0.15) is 34.2 Å². The number of morpholine rings is 1. The second-order valence-electron chi connectivity index (χ2n) is 9.88. The standard InChI is InChI=1S/C31H35N7O4/c1-3-38-25(14-15-33-20-22-6-4-21(5-7-22)8-13-26(39)41-2)34-27-30(37-16-18-42-19-17-37)35-29(36-31(27)38)24-11-9-23(10-12-24)28(32)40/h4-13,33H,3,14-20H2,1-2H3,(H2,32,40)/b13-8+. The first-order valence-corrected chi connectivity index (χ1v) is 14.0. The lowest BCUT2D eigenvalue weighted by Crippen LogP contribution is -2.37. The normalized spacial score (nSPS) is 13.6. The highest BCUT2D eigenvalue weighted by Crippen LogP contribution is 2.29. The van der Waals surface area contributed by atoms with E-state index in [9.17, 15) is 9.59 Å². The van der Waals surface area contributed by atoms with Gasteiger partial charge in [-0.3, -0.25) is 4.79 Å². The molecular weight excluding hydrogens is 534 g/mol. The molecule has 0 bridgehead atoms. The van der Waals surface area contributed by atoms with Gasteiger partial charge in [-0.1, -0.05) is 36.4 Å². The molecule has 4 aromatic rings. The second-order valence-corrected chi connectivity index (χ2v) is 9.88. The van der Waals surface area contributed by atoms with Crippen LogP contribution in [0, 0.1) is 0 Å². The summed E-state index contributed by atoms with van der Waals surface area (Å²) in [5.41, 5.74) is 10.3. The molecule has 1 amide bonds. The highest BCUT2D eigenvalue weighted by atomic mass is 16.5. The minimum absolute atomic E-state index is 0.378. The third-order valence-corrected chi connectivity index (χ3v) is 7.16. The van der Waals surface area contributed by atoms with E-state index in [0.717, 1.165) is 65.6 Å². The Bertz CT molecular complexity index is 1570. The van der Waals surface area contributed by atoms with Crippen LogP contribution in [0.2, 0.25) is 0 Å². The number of nitrogens with zero attached hydrogens (tertiary/aromatic N) is 5. The zero-order valence-electron chi connectivity index (χ0n) is 23.9. The summed E-state index contributed by atoms with van der Waals surface area (Å²) in [4.78, 5) is 40.0. The lowest BCUT2D eigenvalue weighted by Gasteiger charge is -2.28. The number of carbonyl (C=O) groups is 2. The molecule has 42 heavy (non-hydrogen) atoms. The zero-order valence-corrected chi connectivity index (χ0v) is 23.9. The van der Waals surface area contributed by atoms with E-state index in [0.29, 0.717) is 37.7 Å². The van der Waals surface area contributed by atoms with Gasteiger partial charge in [0.15, 0.2) is 22.8 Å². The van der Waals surface area contributed by atoms with Crippen LogP contribution in [-0.2, 0) is 33.8 Å². The van der Waals surface area contributed by atoms with Gasteiger partial charge in [0.05, 0.1) is 20.3 Å². The highest BCUT2D eigenvalue weighted by Gasteiger charge is 2.23. The van der Waals surface area contributed by atoms with E-state index in [1.807, 2.05) is 36.4 Å². The summed E-state index contributed by atoms with van der Waals surface area (Å²) >= 11 is 0. The number of ether oxygens (including phenoxy) is 2. The Morgan fingerprint density at radius 3 is 2.45 bits per heavy atom. The average Bonchev–Trinajstić information content (AvgIpc) is 3.39. The first-order chi connectivity index (χ1) is 20.5. The highest BCUT2D eigenvalue weighted by molar-refractivity contribution is 5.93. The van der Waals surface area contributed by atoms with Gasteiger partial charge in [0.1, 0.15) is 5.82 Å². The Morgan fingerprint density at radius 1 is 1.05 bits per heavy atom. The van der Waals surface area contributed by atoms with Crippen LogP contribution >= 0.6 is 0 Å². The van der Waals surface area contributed by atoms with Crippen LogP contribution in [0.3, 0.4) is 0 Å². The predicted molar refractivity (Wildman–Crippen MR) is 161 cm³/mol. The second kappa shape index (κ2) is 13.4. The van der Waals surface area contributed by atoms with Crippen LogP contribution in [0.5, 0.6) is 0 Å². The number of primary amides is 1. The number of anilines is 1. The van der Waals surface area contributed by atoms with Crippen molar-refractivity contribution in [3.8, 4) is 11.4 Å². The number of aromatic nitrogens is 4. The molecule has 218 valence electrons. The van der Waals surface area contributed by atoms with E-state index in [4.69, 9.17) is 25.4 Å². The number of carbonyl (C=O) groups excluding carboxylic acids is 2. The fourth-order valence-electron chi connectivity index (χ4n) is 4.87. The summed E-state index contributed by atoms with van der Waals surface area (Å²) in [5, 5.41) is 3.51. The zero-order chi connectivity index (χ0) is 29.5. The van der Waals surface area contributed by atoms with Crippen molar-refractivity contribution in [1.29, 1.82) is 0 Å². The molecule has 1 aliphatic heterocycles. The van der Waals surface area contributed by atoms with Crippen LogP contribution in [0.25, 0.3) is 28.6 Å². The van der Waals surface area contributed by atoms with Gasteiger partial charge >= 0.3 is 5.97 Å². The van der Waals surface area contributed by atoms with E-state index < -0.39 is 5.91 Å². The number of methoxy groups -OCH3 is 1. The summed E-state index contributed by atoms with van der Waals surface area (Å²) in [7, 11) is 1.36. The Kier molecular flexibility index (Phi) is 9.20. The Hall–Kier alpha value is -4.61. The molecule has 11 nitrogen and oxygen atoms in total. The molecular formula is C31H35N7O4. The molecule has 0 unspecified atom stereocenters. The smallest absolute Gasteiger partial charge is 0.330 e. The predicted octanol–water partition coefficient (Wildman–Crippen LogP) is 2.97. The van der Waals surface area contributed by atoms with E-state index >= 15 is 0 Å². The van der Waals surface area contributed by atoms with Gasteiger partial charge < -0.3 is 30.0 Å². The lowest BCUT2D eigenvalue weighted by atomic mass is 10.1. The summed E-state index contributed by atoms with van der Waals surface area (Å²) in [6, 6.07) is 15.0. The van der Waals surface area contributed by atoms with E-state index in [2.05, 4.69) is 26.4 Å². The SMILES string of the molecule is CCn1c(CCNCc2ccc(/C=C/C(=O)OC)cc2)nc2c(N3CCOCC3)nc(-c3ccc(C(N)=O)cc3)nc21. The Balaban J connectivity index is 1.35. The van der Waals surface area contributed by atoms with Crippen molar-refractivity contribution in [3.63, 3.8) is 0 Å². The molecule has 3 N–H and O–H groups in total. The molecule has 0 spiro atoms. The maximum Gasteiger partial charge on any atom is 0.330 e. The maximum absolute atomic E-state index is 11.6. The molecule has 11 heteroatoms. The van der Waals surface area contributed by atoms with Crippen LogP contribution in [0.4, 0.5) is 5.82 Å². The van der Waals surface area contributed by atoms with Gasteiger partial charge in [-0.15, -0.1) is 0 Å². The van der Waals surface area contributed by atoms with E-state index in [1.54, 1.807) is 18.2 Å². The third-order valence-electron chi connectivity index (χ3n) is 7.16. The summed E-state index contributed by atoms with van der Waals surface area (Å²) in [6.45, 7) is 6.94. The summed E-state index contributed by atoms with van der Waals surface area (Å²) in [5.74, 6) is 1.45. The molecule has 2 aromatic carbocycles. The van der Waals surface area contributed by atoms with Crippen molar-refractivity contribution in [3.05, 3.63) is 77.1 Å². The van der Waals surface area contributed by atoms with Gasteiger partial charge in [0.25, 0.3) is 0 Å². The molecule has 0 aliphatic carbocycles. The molecule has 5 rings (SSSR count). The van der Waals surface area contributed by atoms with Gasteiger partial charge in [0, 0.05) is 56.3 Å². The number of imidazole rings is 1. The monoisotopic (exact) mass is 569 g/mol. The van der Waals surface area contributed by atoms with Crippen molar-refractivity contribution >= 4 is 34.9 Å². The van der Waals surface area contributed by atoms with Crippen LogP contribution in [-0.4, -0.2) is 71.4 Å². The van der Waals surface area contributed by atoms with Gasteiger partial charge in [-0.05, 0) is 36.3 Å². The third kappa shape index (κ3) is 6.64. The van der Waals surface area contributed by atoms with Crippen LogP contribution in [0.15, 0.2) is 54.6 Å². The number of nitrogens with two attached hydrogens (primary N) is 1. The summed E-state index contributed by atoms with van der Waals surface area (Å²) in [6.07, 6.45) is 3.85. The maximum atomic E-state index is 11.6. The Labute approximate surface area is 244 Å². The molecule has 0 saturated carbocycles. The molecule has 1 saturated heterocycles. The largest absolute Gasteiger partial charge is 0.466 e. The number of hydrogen-bond donors (Lipinski definition) is 2. The minimum atomic E-state index is -0.473. The molecule has 1 aliphatic rings. The van der Waals surface area contributed by atoms with Crippen molar-refractivity contribution in [1.82, 2.24) is 24.8 Å².